The van der Waals surface area contributed by atoms with E-state index in [-0.39, 0.29) is 0 Å². The summed E-state index contributed by atoms with van der Waals surface area (Å²) in [5, 5.41) is 3.28. The topological polar surface area (TPSA) is 15.3 Å². The van der Waals surface area contributed by atoms with Gasteiger partial charge in [0.2, 0.25) is 0 Å². The highest BCUT2D eigenvalue weighted by molar-refractivity contribution is 4.87. The molecule has 0 saturated carbocycles. The second-order valence-corrected chi connectivity index (χ2v) is 5.43. The summed E-state index contributed by atoms with van der Waals surface area (Å²) in [5.41, 5.74) is 0. The van der Waals surface area contributed by atoms with Gasteiger partial charge in [0.05, 0.1) is 6.54 Å². The molecule has 1 N–H and O–H groups in total. The van der Waals surface area contributed by atoms with Gasteiger partial charge in [-0.2, -0.15) is 0 Å². The molecule has 0 bridgehead atoms. The van der Waals surface area contributed by atoms with Crippen LogP contribution in [-0.4, -0.2) is 37.1 Å². The van der Waals surface area contributed by atoms with Gasteiger partial charge in [-0.15, -0.1) is 6.42 Å². The minimum Gasteiger partial charge on any atom is -0.305 e. The van der Waals surface area contributed by atoms with Crippen LogP contribution in [0.5, 0.6) is 0 Å². The molecule has 0 aromatic heterocycles. The van der Waals surface area contributed by atoms with E-state index in [2.05, 4.69) is 50.8 Å². The molecular formula is C14H28N2. The van der Waals surface area contributed by atoms with Crippen molar-refractivity contribution in [2.45, 2.75) is 40.7 Å². The summed E-state index contributed by atoms with van der Waals surface area (Å²) in [7, 11) is 0. The van der Waals surface area contributed by atoms with E-state index in [0.717, 1.165) is 19.6 Å². The van der Waals surface area contributed by atoms with E-state index in [1.807, 2.05) is 0 Å². The minimum absolute atomic E-state index is 0.554. The van der Waals surface area contributed by atoms with E-state index in [1.165, 1.54) is 0 Å². The maximum absolute atomic E-state index is 5.23. The summed E-state index contributed by atoms with van der Waals surface area (Å²) in [5.74, 6) is 4.05. The van der Waals surface area contributed by atoms with Crippen LogP contribution in [0.3, 0.4) is 0 Å². The van der Waals surface area contributed by atoms with Gasteiger partial charge in [0.1, 0.15) is 0 Å². The van der Waals surface area contributed by atoms with Gasteiger partial charge in [-0.1, -0.05) is 33.6 Å². The van der Waals surface area contributed by atoms with Crippen molar-refractivity contribution < 1.29 is 0 Å². The summed E-state index contributed by atoms with van der Waals surface area (Å²) < 4.78 is 0. The lowest BCUT2D eigenvalue weighted by atomic mass is 10.1. The Balaban J connectivity index is 4.10. The molecule has 0 aliphatic rings. The van der Waals surface area contributed by atoms with Gasteiger partial charge >= 0.3 is 0 Å². The number of terminal acetylenes is 1. The fraction of sp³-hybridized carbons (Fsp3) is 0.857. The highest BCUT2D eigenvalue weighted by Crippen LogP contribution is 2.07. The van der Waals surface area contributed by atoms with Gasteiger partial charge in [0.15, 0.2) is 0 Å². The van der Waals surface area contributed by atoms with Crippen LogP contribution < -0.4 is 5.32 Å². The normalized spacial score (nSPS) is 13.4. The van der Waals surface area contributed by atoms with Crippen molar-refractivity contribution in [2.75, 3.05) is 26.2 Å². The van der Waals surface area contributed by atoms with Crippen LogP contribution in [-0.2, 0) is 0 Å². The molecule has 0 aromatic rings. The van der Waals surface area contributed by atoms with Crippen LogP contribution >= 0.6 is 0 Å². The molecule has 2 heteroatoms. The largest absolute Gasteiger partial charge is 0.305 e. The molecular weight excluding hydrogens is 196 g/mol. The average molecular weight is 224 g/mol. The Labute approximate surface area is 102 Å². The van der Waals surface area contributed by atoms with E-state index in [4.69, 9.17) is 6.42 Å². The first kappa shape index (κ1) is 15.5. The summed E-state index contributed by atoms with van der Waals surface area (Å²) >= 11 is 0. The Bertz CT molecular complexity index is 193. The molecule has 0 aromatic carbocycles. The predicted octanol–water partition coefficient (Wildman–Crippen LogP) is 2.21. The third-order valence-electron chi connectivity index (χ3n) is 2.49. The Morgan fingerprint density at radius 1 is 1.06 bits per heavy atom. The first-order valence-corrected chi connectivity index (χ1v) is 6.35. The van der Waals surface area contributed by atoms with Gasteiger partial charge < -0.3 is 5.32 Å². The van der Waals surface area contributed by atoms with Crippen LogP contribution in [0.25, 0.3) is 0 Å². The molecule has 0 aliphatic heterocycles. The standard InChI is InChI=1S/C14H28N2/c1-7-8-15-9-14(6)16(10-12(2)3)11-13(4)5/h1,12-15H,8-11H2,2-6H3. The van der Waals surface area contributed by atoms with Crippen molar-refractivity contribution in [2.24, 2.45) is 11.8 Å². The molecule has 0 fully saturated rings. The van der Waals surface area contributed by atoms with Crippen molar-refractivity contribution in [1.82, 2.24) is 10.2 Å². The molecule has 0 aliphatic carbocycles. The zero-order chi connectivity index (χ0) is 12.6. The van der Waals surface area contributed by atoms with Gasteiger partial charge in [0, 0.05) is 25.7 Å². The van der Waals surface area contributed by atoms with Crippen LogP contribution in [0.1, 0.15) is 34.6 Å². The first-order valence-electron chi connectivity index (χ1n) is 6.35. The van der Waals surface area contributed by atoms with Gasteiger partial charge in [-0.05, 0) is 18.8 Å². The van der Waals surface area contributed by atoms with Crippen molar-refractivity contribution >= 4 is 0 Å². The molecule has 0 spiro atoms. The number of hydrogen-bond donors (Lipinski definition) is 1. The average Bonchev–Trinajstić information content (AvgIpc) is 2.15. The van der Waals surface area contributed by atoms with E-state index in [1.54, 1.807) is 0 Å². The number of hydrogen-bond acceptors (Lipinski definition) is 2. The first-order chi connectivity index (χ1) is 7.47. The van der Waals surface area contributed by atoms with Crippen LogP contribution in [0, 0.1) is 24.2 Å². The SMILES string of the molecule is C#CCNCC(C)N(CC(C)C)CC(C)C. The Kier molecular flexibility index (Phi) is 8.33. The molecule has 0 radical (unpaired) electrons. The second-order valence-electron chi connectivity index (χ2n) is 5.43. The molecule has 16 heavy (non-hydrogen) atoms. The van der Waals surface area contributed by atoms with Crippen LogP contribution in [0.4, 0.5) is 0 Å². The van der Waals surface area contributed by atoms with E-state index in [0.29, 0.717) is 24.4 Å². The van der Waals surface area contributed by atoms with Crippen molar-refractivity contribution in [3.63, 3.8) is 0 Å². The monoisotopic (exact) mass is 224 g/mol. The molecule has 0 amide bonds. The summed E-state index contributed by atoms with van der Waals surface area (Å²) in [4.78, 5) is 2.55. The molecule has 0 heterocycles. The quantitative estimate of drug-likeness (QED) is 0.502. The minimum atomic E-state index is 0.554. The molecule has 0 saturated heterocycles. The smallest absolute Gasteiger partial charge is 0.0574 e. The van der Waals surface area contributed by atoms with E-state index < -0.39 is 0 Å². The van der Waals surface area contributed by atoms with Crippen molar-refractivity contribution in [3.05, 3.63) is 0 Å². The number of rotatable bonds is 8. The Morgan fingerprint density at radius 3 is 1.94 bits per heavy atom. The fourth-order valence-electron chi connectivity index (χ4n) is 1.85. The second kappa shape index (κ2) is 8.61. The Hall–Kier alpha value is -0.520. The van der Waals surface area contributed by atoms with E-state index >= 15 is 0 Å². The Morgan fingerprint density at radius 2 is 1.56 bits per heavy atom. The number of nitrogens with zero attached hydrogens (tertiary/aromatic N) is 1. The maximum Gasteiger partial charge on any atom is 0.0574 e. The van der Waals surface area contributed by atoms with Crippen molar-refractivity contribution in [3.8, 4) is 12.3 Å². The van der Waals surface area contributed by atoms with E-state index in [9.17, 15) is 0 Å². The zero-order valence-corrected chi connectivity index (χ0v) is 11.6. The van der Waals surface area contributed by atoms with Crippen molar-refractivity contribution in [1.29, 1.82) is 0 Å². The molecule has 94 valence electrons. The highest BCUT2D eigenvalue weighted by atomic mass is 15.2. The number of nitrogens with one attached hydrogen (secondary N) is 1. The third-order valence-corrected chi connectivity index (χ3v) is 2.49. The van der Waals surface area contributed by atoms with Crippen LogP contribution in [0.15, 0.2) is 0 Å². The molecule has 1 unspecified atom stereocenters. The molecule has 0 rings (SSSR count). The van der Waals surface area contributed by atoms with Gasteiger partial charge in [-0.25, -0.2) is 0 Å². The predicted molar refractivity (Wildman–Crippen MR) is 72.4 cm³/mol. The van der Waals surface area contributed by atoms with Gasteiger partial charge in [-0.3, -0.25) is 4.90 Å². The lowest BCUT2D eigenvalue weighted by molar-refractivity contribution is 0.164. The summed E-state index contributed by atoms with van der Waals surface area (Å²) in [6, 6.07) is 0.554. The fourth-order valence-corrected chi connectivity index (χ4v) is 1.85. The van der Waals surface area contributed by atoms with Crippen LogP contribution in [0.2, 0.25) is 0 Å². The summed E-state index contributed by atoms with van der Waals surface area (Å²) in [6.45, 7) is 15.3. The molecule has 1 atom stereocenters. The highest BCUT2D eigenvalue weighted by Gasteiger charge is 2.15. The summed E-state index contributed by atoms with van der Waals surface area (Å²) in [6.07, 6.45) is 5.23. The van der Waals surface area contributed by atoms with Gasteiger partial charge in [0.25, 0.3) is 0 Å². The molecule has 2 nitrogen and oxygen atoms in total. The lowest BCUT2D eigenvalue weighted by Gasteiger charge is -2.32. The zero-order valence-electron chi connectivity index (χ0n) is 11.6. The third kappa shape index (κ3) is 7.73. The maximum atomic E-state index is 5.23. The lowest BCUT2D eigenvalue weighted by Crippen LogP contribution is -2.44.